The molecule has 1 fully saturated rings. The van der Waals surface area contributed by atoms with Gasteiger partial charge in [-0.25, -0.2) is 0 Å². The van der Waals surface area contributed by atoms with Crippen molar-refractivity contribution in [1.29, 1.82) is 0 Å². The number of hydrogen-bond donors (Lipinski definition) is 1. The second-order valence-electron chi connectivity index (χ2n) is 7.13. The molecule has 1 aliphatic rings. The Kier molecular flexibility index (Phi) is 6.01. The molecule has 0 aromatic heterocycles. The van der Waals surface area contributed by atoms with E-state index in [1.165, 1.54) is 19.1 Å². The molecule has 6 nitrogen and oxygen atoms in total. The van der Waals surface area contributed by atoms with Gasteiger partial charge in [-0.3, -0.25) is 14.5 Å². The number of carbonyl (C=O) groups is 2. The summed E-state index contributed by atoms with van der Waals surface area (Å²) in [6.45, 7) is 0. The number of Topliss-reactive ketones (excluding diaryl/α,β-unsaturated/α-hetero) is 1. The van der Waals surface area contributed by atoms with Crippen molar-refractivity contribution in [2.24, 2.45) is 0 Å². The summed E-state index contributed by atoms with van der Waals surface area (Å²) in [6.07, 6.45) is 0. The Bertz CT molecular complexity index is 1200. The third kappa shape index (κ3) is 3.76. The van der Waals surface area contributed by atoms with Gasteiger partial charge in [0, 0.05) is 15.7 Å². The van der Waals surface area contributed by atoms with Gasteiger partial charge in [-0.2, -0.15) is 0 Å². The van der Waals surface area contributed by atoms with Gasteiger partial charge >= 0.3 is 0 Å². The first-order valence-corrected chi connectivity index (χ1v) is 10.6. The van der Waals surface area contributed by atoms with Crippen LogP contribution < -0.4 is 14.4 Å². The third-order valence-electron chi connectivity index (χ3n) is 5.32. The Hall–Kier alpha value is -3.58. The van der Waals surface area contributed by atoms with Crippen LogP contribution in [0.15, 0.2) is 82.8 Å². The van der Waals surface area contributed by atoms with Crippen LogP contribution in [0.3, 0.4) is 0 Å². The molecule has 3 aromatic carbocycles. The Morgan fingerprint density at radius 2 is 1.56 bits per heavy atom. The van der Waals surface area contributed by atoms with Crippen molar-refractivity contribution in [3.8, 4) is 11.5 Å². The van der Waals surface area contributed by atoms with E-state index in [-0.39, 0.29) is 11.3 Å². The van der Waals surface area contributed by atoms with Crippen molar-refractivity contribution in [3.05, 3.63) is 94.0 Å². The lowest BCUT2D eigenvalue weighted by molar-refractivity contribution is -0.132. The number of aliphatic hydroxyl groups is 1. The molecule has 162 valence electrons. The smallest absolute Gasteiger partial charge is 0.300 e. The molecule has 1 saturated heterocycles. The molecule has 7 heteroatoms. The summed E-state index contributed by atoms with van der Waals surface area (Å²) >= 11 is 3.39. The van der Waals surface area contributed by atoms with Gasteiger partial charge in [0.1, 0.15) is 5.76 Å². The minimum absolute atomic E-state index is 0.0105. The van der Waals surface area contributed by atoms with Crippen molar-refractivity contribution in [3.63, 3.8) is 0 Å². The maximum atomic E-state index is 13.2. The molecule has 1 heterocycles. The summed E-state index contributed by atoms with van der Waals surface area (Å²) in [6, 6.07) is 20.1. The standard InChI is InChI=1S/C25H20BrNO5/c1-31-19-13-8-16(14-20(19)32-2)22-21(23(28)15-6-4-3-5-7-15)24(29)25(30)27(22)18-11-9-17(26)10-12-18/h3-14,22,28H,1-2H3/b23-21-. The number of carbonyl (C=O) groups excluding carboxylic acids is 2. The van der Waals surface area contributed by atoms with E-state index in [4.69, 9.17) is 9.47 Å². The third-order valence-corrected chi connectivity index (χ3v) is 5.85. The average molecular weight is 494 g/mol. The fourth-order valence-electron chi connectivity index (χ4n) is 3.79. The van der Waals surface area contributed by atoms with Gasteiger partial charge in [0.05, 0.1) is 25.8 Å². The van der Waals surface area contributed by atoms with Gasteiger partial charge in [-0.15, -0.1) is 0 Å². The minimum Gasteiger partial charge on any atom is -0.507 e. The molecule has 1 aliphatic heterocycles. The first-order valence-electron chi connectivity index (χ1n) is 9.80. The Labute approximate surface area is 193 Å². The molecule has 0 aliphatic carbocycles. The predicted octanol–water partition coefficient (Wildman–Crippen LogP) is 5.09. The molecule has 0 bridgehead atoms. The molecule has 3 aromatic rings. The lowest BCUT2D eigenvalue weighted by Crippen LogP contribution is -2.29. The maximum absolute atomic E-state index is 13.2. The summed E-state index contributed by atoms with van der Waals surface area (Å²) in [5, 5.41) is 11.1. The van der Waals surface area contributed by atoms with E-state index in [0.717, 1.165) is 4.47 Å². The fraction of sp³-hybridized carbons (Fsp3) is 0.120. The molecule has 1 unspecified atom stereocenters. The highest BCUT2D eigenvalue weighted by Crippen LogP contribution is 2.44. The number of aliphatic hydroxyl groups excluding tert-OH is 1. The number of halogens is 1. The maximum Gasteiger partial charge on any atom is 0.300 e. The van der Waals surface area contributed by atoms with E-state index in [9.17, 15) is 14.7 Å². The van der Waals surface area contributed by atoms with E-state index in [0.29, 0.717) is 28.3 Å². The van der Waals surface area contributed by atoms with E-state index in [1.807, 2.05) is 6.07 Å². The highest BCUT2D eigenvalue weighted by atomic mass is 79.9. The molecule has 32 heavy (non-hydrogen) atoms. The molecule has 4 rings (SSSR count). The highest BCUT2D eigenvalue weighted by Gasteiger charge is 2.47. The zero-order valence-corrected chi connectivity index (χ0v) is 19.0. The molecule has 0 saturated carbocycles. The van der Waals surface area contributed by atoms with Crippen LogP contribution in [-0.2, 0) is 9.59 Å². The van der Waals surface area contributed by atoms with Gasteiger partial charge in [0.2, 0.25) is 0 Å². The molecule has 0 spiro atoms. The topological polar surface area (TPSA) is 76.1 Å². The average Bonchev–Trinajstić information content (AvgIpc) is 3.09. The molecular formula is C25H20BrNO5. The number of hydrogen-bond acceptors (Lipinski definition) is 5. The first-order chi connectivity index (χ1) is 15.5. The number of anilines is 1. The van der Waals surface area contributed by atoms with Gasteiger partial charge in [-0.1, -0.05) is 52.3 Å². The van der Waals surface area contributed by atoms with Crippen LogP contribution >= 0.6 is 15.9 Å². The number of nitrogens with zero attached hydrogens (tertiary/aromatic N) is 1. The second-order valence-corrected chi connectivity index (χ2v) is 8.04. The van der Waals surface area contributed by atoms with Gasteiger partial charge in [-0.05, 0) is 42.0 Å². The Morgan fingerprint density at radius 3 is 2.19 bits per heavy atom. The van der Waals surface area contributed by atoms with E-state index >= 15 is 0 Å². The van der Waals surface area contributed by atoms with Gasteiger partial charge < -0.3 is 14.6 Å². The molecule has 1 N–H and O–H groups in total. The number of rotatable bonds is 5. The van der Waals surface area contributed by atoms with Crippen LogP contribution in [0.25, 0.3) is 5.76 Å². The van der Waals surface area contributed by atoms with Crippen LogP contribution in [0.2, 0.25) is 0 Å². The van der Waals surface area contributed by atoms with Crippen LogP contribution in [-0.4, -0.2) is 31.0 Å². The number of benzene rings is 3. The summed E-state index contributed by atoms with van der Waals surface area (Å²) in [5.74, 6) is -0.743. The molecule has 1 atom stereocenters. The lowest BCUT2D eigenvalue weighted by atomic mass is 9.94. The molecule has 1 amide bonds. The van der Waals surface area contributed by atoms with Crippen LogP contribution in [0, 0.1) is 0 Å². The number of methoxy groups -OCH3 is 2. The number of amides is 1. The van der Waals surface area contributed by atoms with E-state index in [2.05, 4.69) is 15.9 Å². The van der Waals surface area contributed by atoms with Crippen LogP contribution in [0.4, 0.5) is 5.69 Å². The van der Waals surface area contributed by atoms with Crippen molar-refractivity contribution < 1.29 is 24.2 Å². The first kappa shape index (κ1) is 21.6. The Morgan fingerprint density at radius 1 is 0.906 bits per heavy atom. The monoisotopic (exact) mass is 493 g/mol. The largest absolute Gasteiger partial charge is 0.507 e. The minimum atomic E-state index is -0.851. The summed E-state index contributed by atoms with van der Waals surface area (Å²) in [4.78, 5) is 27.7. The molecule has 0 radical (unpaired) electrons. The quantitative estimate of drug-likeness (QED) is 0.304. The SMILES string of the molecule is COc1ccc(C2/C(=C(/O)c3ccccc3)C(=O)C(=O)N2c2ccc(Br)cc2)cc1OC. The van der Waals surface area contributed by atoms with Crippen molar-refractivity contribution >= 4 is 39.1 Å². The van der Waals surface area contributed by atoms with E-state index in [1.54, 1.807) is 66.7 Å². The fourth-order valence-corrected chi connectivity index (χ4v) is 4.05. The van der Waals surface area contributed by atoms with Gasteiger partial charge in [0.15, 0.2) is 11.5 Å². The normalized spacial score (nSPS) is 17.5. The Balaban J connectivity index is 1.96. The zero-order valence-electron chi connectivity index (χ0n) is 17.4. The van der Waals surface area contributed by atoms with Crippen molar-refractivity contribution in [2.45, 2.75) is 6.04 Å². The van der Waals surface area contributed by atoms with Gasteiger partial charge in [0.25, 0.3) is 11.7 Å². The zero-order chi connectivity index (χ0) is 22.8. The van der Waals surface area contributed by atoms with E-state index < -0.39 is 17.7 Å². The number of ether oxygens (including phenoxy) is 2. The summed E-state index contributed by atoms with van der Waals surface area (Å²) in [7, 11) is 3.04. The summed E-state index contributed by atoms with van der Waals surface area (Å²) in [5.41, 5.74) is 1.59. The van der Waals surface area contributed by atoms with Crippen LogP contribution in [0.5, 0.6) is 11.5 Å². The van der Waals surface area contributed by atoms with Crippen LogP contribution in [0.1, 0.15) is 17.2 Å². The highest BCUT2D eigenvalue weighted by molar-refractivity contribution is 9.10. The molecular weight excluding hydrogens is 474 g/mol. The second kappa shape index (κ2) is 8.88. The van der Waals surface area contributed by atoms with Crippen molar-refractivity contribution in [1.82, 2.24) is 0 Å². The number of ketones is 1. The van der Waals surface area contributed by atoms with Crippen molar-refractivity contribution in [2.75, 3.05) is 19.1 Å². The lowest BCUT2D eigenvalue weighted by Gasteiger charge is -2.26. The summed E-state index contributed by atoms with van der Waals surface area (Å²) < 4.78 is 11.6. The predicted molar refractivity (Wildman–Crippen MR) is 125 cm³/mol.